The zero-order valence-corrected chi connectivity index (χ0v) is 15.7. The van der Waals surface area contributed by atoms with E-state index in [4.69, 9.17) is 0 Å². The molecule has 0 fully saturated rings. The van der Waals surface area contributed by atoms with Crippen molar-refractivity contribution in [1.82, 2.24) is 0 Å². The van der Waals surface area contributed by atoms with Crippen molar-refractivity contribution >= 4 is 34.8 Å². The van der Waals surface area contributed by atoms with E-state index in [9.17, 15) is 14.4 Å². The molecule has 0 radical (unpaired) electrons. The summed E-state index contributed by atoms with van der Waals surface area (Å²) in [7, 11) is 0. The Morgan fingerprint density at radius 3 is 2.19 bits per heavy atom. The first-order chi connectivity index (χ1) is 12.8. The van der Waals surface area contributed by atoms with E-state index in [2.05, 4.69) is 10.6 Å². The van der Waals surface area contributed by atoms with Gasteiger partial charge in [-0.05, 0) is 54.4 Å². The van der Waals surface area contributed by atoms with Gasteiger partial charge in [0.05, 0.1) is 0 Å². The van der Waals surface area contributed by atoms with Crippen LogP contribution in [0.5, 0.6) is 0 Å². The molecule has 1 aliphatic rings. The third-order valence-electron chi connectivity index (χ3n) is 4.55. The monoisotopic (exact) mass is 365 g/mol. The molecule has 1 heterocycles. The number of rotatable bonds is 4. The van der Waals surface area contributed by atoms with E-state index in [0.29, 0.717) is 23.5 Å². The van der Waals surface area contributed by atoms with Gasteiger partial charge in [-0.25, -0.2) is 0 Å². The van der Waals surface area contributed by atoms with Gasteiger partial charge >= 0.3 is 0 Å². The molecule has 0 aromatic heterocycles. The van der Waals surface area contributed by atoms with E-state index in [0.717, 1.165) is 17.7 Å². The summed E-state index contributed by atoms with van der Waals surface area (Å²) in [5, 5.41) is 5.67. The molecule has 6 nitrogen and oxygen atoms in total. The Morgan fingerprint density at radius 1 is 0.963 bits per heavy atom. The highest BCUT2D eigenvalue weighted by Gasteiger charge is 2.23. The molecule has 0 aliphatic carbocycles. The number of anilines is 3. The van der Waals surface area contributed by atoms with Gasteiger partial charge in [0, 0.05) is 42.0 Å². The molecule has 0 unspecified atom stereocenters. The number of hydrogen-bond acceptors (Lipinski definition) is 3. The lowest BCUT2D eigenvalue weighted by Crippen LogP contribution is -2.25. The average Bonchev–Trinajstić information content (AvgIpc) is 3.06. The summed E-state index contributed by atoms with van der Waals surface area (Å²) >= 11 is 0. The van der Waals surface area contributed by atoms with Gasteiger partial charge in [0.15, 0.2) is 0 Å². The predicted octanol–water partition coefficient (Wildman–Crippen LogP) is 3.44. The number of hydrogen-bond donors (Lipinski definition) is 2. The number of fused-ring (bicyclic) bond motifs is 1. The SMILES string of the molecule is CC(=O)N1CCc2cc(C(=O)Nc3ccc(NC(=O)C(C)C)cc3)ccc21. The van der Waals surface area contributed by atoms with Crippen molar-refractivity contribution in [1.29, 1.82) is 0 Å². The second-order valence-corrected chi connectivity index (χ2v) is 6.94. The molecule has 2 aromatic carbocycles. The highest BCUT2D eigenvalue weighted by molar-refractivity contribution is 6.05. The molecule has 2 N–H and O–H groups in total. The second-order valence-electron chi connectivity index (χ2n) is 6.94. The van der Waals surface area contributed by atoms with Crippen molar-refractivity contribution < 1.29 is 14.4 Å². The molecular weight excluding hydrogens is 342 g/mol. The minimum Gasteiger partial charge on any atom is -0.326 e. The van der Waals surface area contributed by atoms with Crippen molar-refractivity contribution in [2.45, 2.75) is 27.2 Å². The Balaban J connectivity index is 1.67. The van der Waals surface area contributed by atoms with E-state index in [1.165, 1.54) is 0 Å². The summed E-state index contributed by atoms with van der Waals surface area (Å²) < 4.78 is 0. The smallest absolute Gasteiger partial charge is 0.255 e. The fraction of sp³-hybridized carbons (Fsp3) is 0.286. The molecule has 3 rings (SSSR count). The molecule has 3 amide bonds. The Labute approximate surface area is 158 Å². The van der Waals surface area contributed by atoms with Crippen LogP contribution in [0.25, 0.3) is 0 Å². The normalized spacial score (nSPS) is 12.7. The van der Waals surface area contributed by atoms with Gasteiger partial charge in [0.25, 0.3) is 5.91 Å². The third kappa shape index (κ3) is 4.16. The molecule has 140 valence electrons. The van der Waals surface area contributed by atoms with Crippen molar-refractivity contribution in [3.8, 4) is 0 Å². The van der Waals surface area contributed by atoms with Crippen LogP contribution in [0.15, 0.2) is 42.5 Å². The van der Waals surface area contributed by atoms with Crippen molar-refractivity contribution in [3.05, 3.63) is 53.6 Å². The number of nitrogens with one attached hydrogen (secondary N) is 2. The van der Waals surface area contributed by atoms with Crippen LogP contribution in [0.4, 0.5) is 17.1 Å². The molecule has 0 spiro atoms. The number of nitrogens with zero attached hydrogens (tertiary/aromatic N) is 1. The summed E-state index contributed by atoms with van der Waals surface area (Å²) in [5.41, 5.74) is 3.77. The fourth-order valence-electron chi connectivity index (χ4n) is 3.00. The van der Waals surface area contributed by atoms with E-state index in [-0.39, 0.29) is 23.6 Å². The van der Waals surface area contributed by atoms with Crippen LogP contribution in [-0.2, 0) is 16.0 Å². The van der Waals surface area contributed by atoms with Crippen LogP contribution in [-0.4, -0.2) is 24.3 Å². The molecule has 0 atom stereocenters. The first kappa shape index (κ1) is 18.6. The molecule has 0 saturated carbocycles. The van der Waals surface area contributed by atoms with E-state index in [1.807, 2.05) is 26.0 Å². The molecule has 2 aromatic rings. The van der Waals surface area contributed by atoms with E-state index < -0.39 is 0 Å². The van der Waals surface area contributed by atoms with Gasteiger partial charge in [-0.3, -0.25) is 14.4 Å². The van der Waals surface area contributed by atoms with E-state index in [1.54, 1.807) is 42.2 Å². The number of carbonyl (C=O) groups excluding carboxylic acids is 3. The molecule has 0 saturated heterocycles. The Hall–Kier alpha value is -3.15. The van der Waals surface area contributed by atoms with E-state index >= 15 is 0 Å². The van der Waals surface area contributed by atoms with Crippen LogP contribution < -0.4 is 15.5 Å². The molecule has 6 heteroatoms. The first-order valence-electron chi connectivity index (χ1n) is 8.98. The first-order valence-corrected chi connectivity index (χ1v) is 8.98. The average molecular weight is 365 g/mol. The highest BCUT2D eigenvalue weighted by Crippen LogP contribution is 2.29. The lowest BCUT2D eigenvalue weighted by Gasteiger charge is -2.15. The van der Waals surface area contributed by atoms with Crippen LogP contribution in [0.1, 0.15) is 36.7 Å². The van der Waals surface area contributed by atoms with Crippen molar-refractivity contribution in [2.75, 3.05) is 22.1 Å². The number of benzene rings is 2. The van der Waals surface area contributed by atoms with Gasteiger partial charge < -0.3 is 15.5 Å². The Kier molecular flexibility index (Phi) is 5.26. The molecular formula is C21H23N3O3. The second kappa shape index (κ2) is 7.61. The Morgan fingerprint density at radius 2 is 1.59 bits per heavy atom. The standard InChI is InChI=1S/C21H23N3O3/c1-13(2)20(26)22-17-5-7-18(8-6-17)23-21(27)16-4-9-19-15(12-16)10-11-24(19)14(3)25/h4-9,12-13H,10-11H2,1-3H3,(H,22,26)(H,23,27). The molecule has 27 heavy (non-hydrogen) atoms. The predicted molar refractivity (Wildman–Crippen MR) is 106 cm³/mol. The zero-order chi connectivity index (χ0) is 19.6. The van der Waals surface area contributed by atoms with Gasteiger partial charge in [0.1, 0.15) is 0 Å². The summed E-state index contributed by atoms with van der Waals surface area (Å²) in [4.78, 5) is 37.6. The maximum absolute atomic E-state index is 12.5. The minimum atomic E-state index is -0.210. The quantitative estimate of drug-likeness (QED) is 0.871. The zero-order valence-electron chi connectivity index (χ0n) is 15.7. The van der Waals surface area contributed by atoms with Gasteiger partial charge in [0.2, 0.25) is 11.8 Å². The molecule has 1 aliphatic heterocycles. The van der Waals surface area contributed by atoms with Crippen LogP contribution in [0.3, 0.4) is 0 Å². The number of carbonyl (C=O) groups is 3. The third-order valence-corrected chi connectivity index (χ3v) is 4.55. The fourth-order valence-corrected chi connectivity index (χ4v) is 3.00. The summed E-state index contributed by atoms with van der Waals surface area (Å²) in [6.07, 6.45) is 0.750. The van der Waals surface area contributed by atoms with Crippen LogP contribution in [0.2, 0.25) is 0 Å². The summed E-state index contributed by atoms with van der Waals surface area (Å²) in [6, 6.07) is 12.4. The van der Waals surface area contributed by atoms with Gasteiger partial charge in [-0.1, -0.05) is 13.8 Å². The van der Waals surface area contributed by atoms with Crippen molar-refractivity contribution in [2.24, 2.45) is 5.92 Å². The van der Waals surface area contributed by atoms with Crippen LogP contribution in [0, 0.1) is 5.92 Å². The summed E-state index contributed by atoms with van der Waals surface area (Å²) in [6.45, 7) is 5.86. The lowest BCUT2D eigenvalue weighted by molar-refractivity contribution is -0.119. The number of amides is 3. The van der Waals surface area contributed by atoms with Crippen LogP contribution >= 0.6 is 0 Å². The Bertz CT molecular complexity index is 888. The maximum atomic E-state index is 12.5. The van der Waals surface area contributed by atoms with Gasteiger partial charge in [-0.2, -0.15) is 0 Å². The summed E-state index contributed by atoms with van der Waals surface area (Å²) in [5.74, 6) is -0.346. The largest absolute Gasteiger partial charge is 0.326 e. The lowest BCUT2D eigenvalue weighted by atomic mass is 10.1. The molecule has 0 bridgehead atoms. The maximum Gasteiger partial charge on any atom is 0.255 e. The topological polar surface area (TPSA) is 78.5 Å². The minimum absolute atomic E-state index is 0.00981. The highest BCUT2D eigenvalue weighted by atomic mass is 16.2. The van der Waals surface area contributed by atoms with Gasteiger partial charge in [-0.15, -0.1) is 0 Å². The van der Waals surface area contributed by atoms with Crippen molar-refractivity contribution in [3.63, 3.8) is 0 Å².